The molecule has 2 heterocycles. The molecule has 1 aromatic heterocycles. The fourth-order valence-electron chi connectivity index (χ4n) is 2.54. The monoisotopic (exact) mass is 369 g/mol. The molecule has 0 atom stereocenters. The van der Waals surface area contributed by atoms with E-state index in [1.807, 2.05) is 39.0 Å². The fraction of sp³-hybridized carbons (Fsp3) is 0.625. The van der Waals surface area contributed by atoms with E-state index in [0.717, 1.165) is 36.4 Å². The van der Waals surface area contributed by atoms with Crippen LogP contribution in [0.1, 0.15) is 33.6 Å². The van der Waals surface area contributed by atoms with Gasteiger partial charge in [-0.15, -0.1) is 0 Å². The van der Waals surface area contributed by atoms with Crippen molar-refractivity contribution in [3.05, 3.63) is 22.8 Å². The second-order valence-electron chi connectivity index (χ2n) is 6.63. The molecule has 2 rings (SSSR count). The number of anilines is 1. The zero-order valence-corrected chi connectivity index (χ0v) is 15.3. The maximum absolute atomic E-state index is 12.1. The van der Waals surface area contributed by atoms with Crippen molar-refractivity contribution in [2.24, 2.45) is 0 Å². The van der Waals surface area contributed by atoms with Crippen LogP contribution < -0.4 is 4.90 Å². The molecule has 0 N–H and O–H groups in total. The fourth-order valence-corrected chi connectivity index (χ4v) is 2.88. The number of halogens is 1. The molecule has 0 unspecified atom stereocenters. The molecule has 1 aliphatic heterocycles. The lowest BCUT2D eigenvalue weighted by Crippen LogP contribution is -2.47. The zero-order valence-electron chi connectivity index (χ0n) is 13.7. The molecule has 0 aliphatic carbocycles. The number of carbonyl (C=O) groups is 1. The summed E-state index contributed by atoms with van der Waals surface area (Å²) in [5, 5.41) is 0. The molecule has 0 saturated carbocycles. The van der Waals surface area contributed by atoms with Crippen LogP contribution in [0.5, 0.6) is 0 Å². The Morgan fingerprint density at radius 2 is 2.00 bits per heavy atom. The smallest absolute Gasteiger partial charge is 0.410 e. The van der Waals surface area contributed by atoms with Gasteiger partial charge in [-0.3, -0.25) is 0 Å². The normalized spacial score (nSPS) is 16.5. The van der Waals surface area contributed by atoms with Gasteiger partial charge in [0.25, 0.3) is 0 Å². The van der Waals surface area contributed by atoms with E-state index in [-0.39, 0.29) is 6.09 Å². The predicted molar refractivity (Wildman–Crippen MR) is 91.2 cm³/mol. The molecule has 122 valence electrons. The number of piperidine rings is 1. The van der Waals surface area contributed by atoms with E-state index in [4.69, 9.17) is 4.74 Å². The molecule has 1 saturated heterocycles. The van der Waals surface area contributed by atoms with Crippen LogP contribution >= 0.6 is 15.9 Å². The van der Waals surface area contributed by atoms with Crippen LogP contribution in [0.4, 0.5) is 10.6 Å². The first-order valence-corrected chi connectivity index (χ1v) is 8.39. The van der Waals surface area contributed by atoms with Crippen LogP contribution in [-0.4, -0.2) is 47.8 Å². The van der Waals surface area contributed by atoms with Crippen molar-refractivity contribution in [2.75, 3.05) is 25.0 Å². The summed E-state index contributed by atoms with van der Waals surface area (Å²) in [6.07, 6.45) is 1.63. The second-order valence-corrected chi connectivity index (χ2v) is 7.44. The molecule has 1 fully saturated rings. The highest BCUT2D eigenvalue weighted by Crippen LogP contribution is 2.23. The Morgan fingerprint density at radius 3 is 2.55 bits per heavy atom. The summed E-state index contributed by atoms with van der Waals surface area (Å²) in [6.45, 7) is 7.12. The number of ether oxygens (including phenoxy) is 1. The van der Waals surface area contributed by atoms with Gasteiger partial charge in [0.05, 0.1) is 0 Å². The van der Waals surface area contributed by atoms with E-state index in [9.17, 15) is 4.79 Å². The summed E-state index contributed by atoms with van der Waals surface area (Å²) < 4.78 is 6.26. The number of rotatable bonds is 2. The van der Waals surface area contributed by atoms with Gasteiger partial charge in [0, 0.05) is 26.2 Å². The lowest BCUT2D eigenvalue weighted by atomic mass is 10.0. The number of hydrogen-bond acceptors (Lipinski definition) is 4. The number of pyridine rings is 1. The molecule has 0 aromatic carbocycles. The predicted octanol–water partition coefficient (Wildman–Crippen LogP) is 3.68. The average molecular weight is 370 g/mol. The van der Waals surface area contributed by atoms with E-state index in [1.165, 1.54) is 0 Å². The highest BCUT2D eigenvalue weighted by Gasteiger charge is 2.28. The second kappa shape index (κ2) is 6.86. The molecule has 0 bridgehead atoms. The van der Waals surface area contributed by atoms with Gasteiger partial charge in [-0.05, 0) is 61.7 Å². The Morgan fingerprint density at radius 1 is 1.36 bits per heavy atom. The van der Waals surface area contributed by atoms with E-state index in [2.05, 4.69) is 32.9 Å². The van der Waals surface area contributed by atoms with Crippen LogP contribution in [0.3, 0.4) is 0 Å². The molecule has 1 aromatic rings. The van der Waals surface area contributed by atoms with E-state index >= 15 is 0 Å². The maximum atomic E-state index is 12.1. The van der Waals surface area contributed by atoms with E-state index in [1.54, 1.807) is 4.90 Å². The Bertz CT molecular complexity index is 522. The number of nitrogens with zero attached hydrogens (tertiary/aromatic N) is 3. The largest absolute Gasteiger partial charge is 0.444 e. The van der Waals surface area contributed by atoms with Crippen LogP contribution in [0.25, 0.3) is 0 Å². The molecule has 22 heavy (non-hydrogen) atoms. The van der Waals surface area contributed by atoms with Gasteiger partial charge in [-0.2, -0.15) is 0 Å². The van der Waals surface area contributed by atoms with Gasteiger partial charge < -0.3 is 14.5 Å². The molecular weight excluding hydrogens is 346 g/mol. The third-order valence-corrected chi connectivity index (χ3v) is 4.17. The van der Waals surface area contributed by atoms with E-state index < -0.39 is 5.60 Å². The molecule has 1 aliphatic rings. The summed E-state index contributed by atoms with van der Waals surface area (Å²) >= 11 is 3.40. The number of carbonyl (C=O) groups excluding carboxylic acids is 1. The first kappa shape index (κ1) is 17.1. The highest BCUT2D eigenvalue weighted by atomic mass is 79.9. The van der Waals surface area contributed by atoms with Crippen molar-refractivity contribution in [3.8, 4) is 0 Å². The molecule has 0 radical (unpaired) electrons. The number of amides is 1. The average Bonchev–Trinajstić information content (AvgIpc) is 2.45. The summed E-state index contributed by atoms with van der Waals surface area (Å²) in [5.41, 5.74) is -0.440. The minimum absolute atomic E-state index is 0.214. The Hall–Kier alpha value is -1.30. The van der Waals surface area contributed by atoms with Crippen LogP contribution in [0.15, 0.2) is 22.8 Å². The Balaban J connectivity index is 1.90. The van der Waals surface area contributed by atoms with Crippen molar-refractivity contribution in [3.63, 3.8) is 0 Å². The summed E-state index contributed by atoms with van der Waals surface area (Å²) in [4.78, 5) is 20.6. The first-order valence-electron chi connectivity index (χ1n) is 7.59. The first-order chi connectivity index (χ1) is 10.3. The summed E-state index contributed by atoms with van der Waals surface area (Å²) in [7, 11) is 2.06. The zero-order chi connectivity index (χ0) is 16.3. The SMILES string of the molecule is CN(c1cccc(Br)n1)C1CCN(C(=O)OC(C)(C)C)CC1. The third-order valence-electron chi connectivity index (χ3n) is 3.73. The number of likely N-dealkylation sites (tertiary alicyclic amines) is 1. The lowest BCUT2D eigenvalue weighted by molar-refractivity contribution is 0.0205. The van der Waals surface area contributed by atoms with Crippen molar-refractivity contribution in [2.45, 2.75) is 45.3 Å². The van der Waals surface area contributed by atoms with Crippen molar-refractivity contribution >= 4 is 27.8 Å². The molecule has 5 nitrogen and oxygen atoms in total. The minimum Gasteiger partial charge on any atom is -0.444 e. The van der Waals surface area contributed by atoms with Crippen LogP contribution in [0, 0.1) is 0 Å². The van der Waals surface area contributed by atoms with Gasteiger partial charge in [0.15, 0.2) is 0 Å². The maximum Gasteiger partial charge on any atom is 0.410 e. The lowest BCUT2D eigenvalue weighted by Gasteiger charge is -2.37. The quantitative estimate of drug-likeness (QED) is 0.745. The van der Waals surface area contributed by atoms with Crippen LogP contribution in [0.2, 0.25) is 0 Å². The van der Waals surface area contributed by atoms with Crippen molar-refractivity contribution in [1.82, 2.24) is 9.88 Å². The standard InChI is InChI=1S/C16H24BrN3O2/c1-16(2,3)22-15(21)20-10-8-12(9-11-20)19(4)14-7-5-6-13(17)18-14/h5-7,12H,8-11H2,1-4H3. The van der Waals surface area contributed by atoms with Gasteiger partial charge in [-0.25, -0.2) is 9.78 Å². The van der Waals surface area contributed by atoms with Crippen LogP contribution in [-0.2, 0) is 4.74 Å². The van der Waals surface area contributed by atoms with E-state index in [0.29, 0.717) is 6.04 Å². The van der Waals surface area contributed by atoms with Gasteiger partial charge in [0.2, 0.25) is 0 Å². The van der Waals surface area contributed by atoms with Crippen molar-refractivity contribution < 1.29 is 9.53 Å². The van der Waals surface area contributed by atoms with Gasteiger partial charge in [-0.1, -0.05) is 6.07 Å². The van der Waals surface area contributed by atoms with Crippen molar-refractivity contribution in [1.29, 1.82) is 0 Å². The van der Waals surface area contributed by atoms with Gasteiger partial charge >= 0.3 is 6.09 Å². The third kappa shape index (κ3) is 4.60. The molecular formula is C16H24BrN3O2. The minimum atomic E-state index is -0.440. The topological polar surface area (TPSA) is 45.7 Å². The van der Waals surface area contributed by atoms with Gasteiger partial charge in [0.1, 0.15) is 16.0 Å². The number of aromatic nitrogens is 1. The molecule has 0 spiro atoms. The summed E-state index contributed by atoms with van der Waals surface area (Å²) in [6, 6.07) is 6.30. The number of hydrogen-bond donors (Lipinski definition) is 0. The Kier molecular flexibility index (Phi) is 5.32. The summed E-state index contributed by atoms with van der Waals surface area (Å²) in [5.74, 6) is 0.949. The highest BCUT2D eigenvalue weighted by molar-refractivity contribution is 9.10. The molecule has 6 heteroatoms. The Labute approximate surface area is 140 Å². The molecule has 1 amide bonds.